The van der Waals surface area contributed by atoms with Crippen molar-refractivity contribution in [2.75, 3.05) is 6.54 Å². The van der Waals surface area contributed by atoms with Gasteiger partial charge in [-0.3, -0.25) is 4.79 Å². The summed E-state index contributed by atoms with van der Waals surface area (Å²) in [4.78, 5) is 13.4. The van der Waals surface area contributed by atoms with E-state index in [-0.39, 0.29) is 11.2 Å². The lowest BCUT2D eigenvalue weighted by atomic mass is 10.1. The molecule has 0 aromatic heterocycles. The first-order chi connectivity index (χ1) is 11.6. The highest BCUT2D eigenvalue weighted by Gasteiger charge is 2.17. The lowest BCUT2D eigenvalue weighted by Crippen LogP contribution is -2.33. The molecule has 128 valence electrons. The second-order valence-electron chi connectivity index (χ2n) is 5.45. The Morgan fingerprint density at radius 2 is 1.83 bits per heavy atom. The number of aryl methyl sites for hydroxylation is 1. The molecule has 0 saturated carbocycles. The van der Waals surface area contributed by atoms with Crippen LogP contribution >= 0.6 is 35.0 Å². The maximum atomic E-state index is 12.3. The molecular formula is C19H21Cl2NOS. The molecule has 5 heteroatoms. The molecule has 1 N–H and O–H groups in total. The summed E-state index contributed by atoms with van der Waals surface area (Å²) in [5.74, 6) is 0.0802. The molecule has 1 amide bonds. The predicted molar refractivity (Wildman–Crippen MR) is 104 cm³/mol. The molecule has 2 nitrogen and oxygen atoms in total. The van der Waals surface area contributed by atoms with Crippen molar-refractivity contribution in [1.82, 2.24) is 5.32 Å². The van der Waals surface area contributed by atoms with Gasteiger partial charge in [0.1, 0.15) is 0 Å². The molecule has 0 spiro atoms. The Balaban J connectivity index is 1.77. The van der Waals surface area contributed by atoms with Gasteiger partial charge in [0, 0.05) is 21.5 Å². The normalized spacial score (nSPS) is 12.0. The molecule has 0 fully saturated rings. The van der Waals surface area contributed by atoms with Gasteiger partial charge in [0.15, 0.2) is 0 Å². The first kappa shape index (κ1) is 19.2. The van der Waals surface area contributed by atoms with Gasteiger partial charge in [-0.05, 0) is 55.2 Å². The molecule has 2 rings (SSSR count). The van der Waals surface area contributed by atoms with Gasteiger partial charge < -0.3 is 5.32 Å². The summed E-state index contributed by atoms with van der Waals surface area (Å²) in [5, 5.41) is 4.43. The van der Waals surface area contributed by atoms with Gasteiger partial charge in [-0.25, -0.2) is 0 Å². The van der Waals surface area contributed by atoms with Crippen molar-refractivity contribution in [3.8, 4) is 0 Å². The number of thioether (sulfide) groups is 1. The minimum absolute atomic E-state index is 0.0802. The minimum atomic E-state index is -0.0912. The molecule has 0 radical (unpaired) electrons. The highest BCUT2D eigenvalue weighted by molar-refractivity contribution is 8.00. The average Bonchev–Trinajstić information content (AvgIpc) is 2.59. The molecule has 0 aliphatic carbocycles. The third-order valence-corrected chi connectivity index (χ3v) is 5.63. The van der Waals surface area contributed by atoms with Gasteiger partial charge in [0.2, 0.25) is 5.91 Å². The number of nitrogens with one attached hydrogen (secondary N) is 1. The van der Waals surface area contributed by atoms with Crippen molar-refractivity contribution in [2.24, 2.45) is 0 Å². The average molecular weight is 382 g/mol. The Morgan fingerprint density at radius 3 is 2.50 bits per heavy atom. The molecule has 0 aliphatic rings. The lowest BCUT2D eigenvalue weighted by Gasteiger charge is -2.15. The molecule has 1 atom stereocenters. The van der Waals surface area contributed by atoms with E-state index in [1.165, 1.54) is 0 Å². The van der Waals surface area contributed by atoms with Crippen LogP contribution in [0.3, 0.4) is 0 Å². The van der Waals surface area contributed by atoms with Gasteiger partial charge in [-0.2, -0.15) is 0 Å². The molecular weight excluding hydrogens is 361 g/mol. The summed E-state index contributed by atoms with van der Waals surface area (Å²) < 4.78 is 0. The van der Waals surface area contributed by atoms with E-state index in [4.69, 9.17) is 23.2 Å². The number of carbonyl (C=O) groups excluding carboxylic acids is 1. The van der Waals surface area contributed by atoms with Crippen molar-refractivity contribution in [3.05, 3.63) is 64.1 Å². The zero-order chi connectivity index (χ0) is 17.4. The molecule has 1 unspecified atom stereocenters. The van der Waals surface area contributed by atoms with Gasteiger partial charge in [0.05, 0.1) is 5.25 Å². The van der Waals surface area contributed by atoms with E-state index in [1.54, 1.807) is 11.8 Å². The summed E-state index contributed by atoms with van der Waals surface area (Å²) in [6, 6.07) is 15.4. The van der Waals surface area contributed by atoms with E-state index in [1.807, 2.05) is 55.5 Å². The maximum absolute atomic E-state index is 12.3. The lowest BCUT2D eigenvalue weighted by molar-refractivity contribution is -0.120. The van der Waals surface area contributed by atoms with E-state index >= 15 is 0 Å². The summed E-state index contributed by atoms with van der Waals surface area (Å²) in [6.45, 7) is 2.68. The first-order valence-electron chi connectivity index (χ1n) is 8.03. The monoisotopic (exact) mass is 381 g/mol. The second kappa shape index (κ2) is 9.97. The van der Waals surface area contributed by atoms with E-state index in [0.717, 1.165) is 34.7 Å². The zero-order valence-electron chi connectivity index (χ0n) is 13.6. The first-order valence-corrected chi connectivity index (χ1v) is 9.67. The van der Waals surface area contributed by atoms with Crippen molar-refractivity contribution >= 4 is 40.9 Å². The molecule has 0 heterocycles. The Kier molecular flexibility index (Phi) is 7.97. The van der Waals surface area contributed by atoms with Crippen LogP contribution in [0.5, 0.6) is 0 Å². The van der Waals surface area contributed by atoms with Crippen LogP contribution in [-0.2, 0) is 11.2 Å². The van der Waals surface area contributed by atoms with Crippen LogP contribution < -0.4 is 5.32 Å². The summed E-state index contributed by atoms with van der Waals surface area (Å²) in [7, 11) is 0. The molecule has 0 aliphatic heterocycles. The Morgan fingerprint density at radius 1 is 1.12 bits per heavy atom. The number of hydrogen-bond acceptors (Lipinski definition) is 2. The van der Waals surface area contributed by atoms with Crippen LogP contribution in [0.15, 0.2) is 53.4 Å². The highest BCUT2D eigenvalue weighted by atomic mass is 35.5. The number of carbonyl (C=O) groups is 1. The topological polar surface area (TPSA) is 29.1 Å². The third kappa shape index (κ3) is 6.04. The fourth-order valence-corrected chi connectivity index (χ4v) is 3.64. The predicted octanol–water partition coefficient (Wildman–Crippen LogP) is 5.61. The van der Waals surface area contributed by atoms with Crippen LogP contribution in [0.2, 0.25) is 10.0 Å². The fourth-order valence-electron chi connectivity index (χ4n) is 2.31. The number of halogens is 2. The van der Waals surface area contributed by atoms with Crippen LogP contribution in [0, 0.1) is 0 Å². The molecule has 0 bridgehead atoms. The van der Waals surface area contributed by atoms with Crippen molar-refractivity contribution in [2.45, 2.75) is 36.3 Å². The SMILES string of the molecule is CCC(Sc1ccc(Cl)cc1)C(=O)NCCCc1ccccc1Cl. The van der Waals surface area contributed by atoms with Crippen molar-refractivity contribution in [1.29, 1.82) is 0 Å². The van der Waals surface area contributed by atoms with Gasteiger partial charge in [0.25, 0.3) is 0 Å². The Bertz CT molecular complexity index is 661. The number of amides is 1. The van der Waals surface area contributed by atoms with Crippen molar-refractivity contribution in [3.63, 3.8) is 0 Å². The second-order valence-corrected chi connectivity index (χ2v) is 7.57. The van der Waals surface area contributed by atoms with Gasteiger partial charge >= 0.3 is 0 Å². The largest absolute Gasteiger partial charge is 0.355 e. The number of benzene rings is 2. The Hall–Kier alpha value is -1.16. The zero-order valence-corrected chi connectivity index (χ0v) is 15.9. The minimum Gasteiger partial charge on any atom is -0.355 e. The van der Waals surface area contributed by atoms with Crippen molar-refractivity contribution < 1.29 is 4.79 Å². The Labute approximate surface area is 157 Å². The number of rotatable bonds is 8. The summed E-state index contributed by atoms with van der Waals surface area (Å²) in [5.41, 5.74) is 1.12. The quantitative estimate of drug-likeness (QED) is 0.475. The van der Waals surface area contributed by atoms with E-state index in [0.29, 0.717) is 11.6 Å². The number of hydrogen-bond donors (Lipinski definition) is 1. The van der Waals surface area contributed by atoms with Crippen LogP contribution in [0.4, 0.5) is 0 Å². The standard InChI is InChI=1S/C19H21Cl2NOS/c1-2-18(24-16-11-9-15(20)10-12-16)19(23)22-13-5-7-14-6-3-4-8-17(14)21/h3-4,6,8-12,18H,2,5,7,13H2,1H3,(H,22,23). The fraction of sp³-hybridized carbons (Fsp3) is 0.316. The smallest absolute Gasteiger partial charge is 0.233 e. The summed E-state index contributed by atoms with van der Waals surface area (Å²) in [6.07, 6.45) is 2.52. The van der Waals surface area contributed by atoms with Gasteiger partial charge in [-0.15, -0.1) is 11.8 Å². The molecule has 2 aromatic rings. The highest BCUT2D eigenvalue weighted by Crippen LogP contribution is 2.26. The van der Waals surface area contributed by atoms with E-state index < -0.39 is 0 Å². The van der Waals surface area contributed by atoms with E-state index in [2.05, 4.69) is 5.32 Å². The third-order valence-electron chi connectivity index (χ3n) is 3.64. The van der Waals surface area contributed by atoms with Crippen LogP contribution in [-0.4, -0.2) is 17.7 Å². The van der Waals surface area contributed by atoms with Crippen LogP contribution in [0.25, 0.3) is 0 Å². The summed E-state index contributed by atoms with van der Waals surface area (Å²) >= 11 is 13.6. The van der Waals surface area contributed by atoms with E-state index in [9.17, 15) is 4.79 Å². The molecule has 2 aromatic carbocycles. The maximum Gasteiger partial charge on any atom is 0.233 e. The molecule has 24 heavy (non-hydrogen) atoms. The van der Waals surface area contributed by atoms with Gasteiger partial charge in [-0.1, -0.05) is 48.3 Å². The molecule has 0 saturated heterocycles. The van der Waals surface area contributed by atoms with Crippen LogP contribution in [0.1, 0.15) is 25.3 Å².